The van der Waals surface area contributed by atoms with Gasteiger partial charge in [0.25, 0.3) is 0 Å². The van der Waals surface area contributed by atoms with Gasteiger partial charge in [-0.05, 0) is 12.3 Å². The van der Waals surface area contributed by atoms with Crippen molar-refractivity contribution in [1.82, 2.24) is 19.8 Å². The third-order valence-corrected chi connectivity index (χ3v) is 5.65. The van der Waals surface area contributed by atoms with Crippen molar-refractivity contribution in [2.75, 3.05) is 20.1 Å². The average Bonchev–Trinajstić information content (AvgIpc) is 3.28. The van der Waals surface area contributed by atoms with E-state index in [9.17, 15) is 9.59 Å². The Hall–Kier alpha value is -2.15. The SMILES string of the molecule is Cc1cnc(CN(C)C(=O)[C@H]2[C@@H]3C=C[C@@]4(CN(CC(C)(C)C)C(=O)[C@H]24)O3)[nH]1. The first-order valence-electron chi connectivity index (χ1n) is 9.51. The quantitative estimate of drug-likeness (QED) is 0.813. The summed E-state index contributed by atoms with van der Waals surface area (Å²) in [5.74, 6) is -0.171. The first-order chi connectivity index (χ1) is 12.6. The molecule has 4 atom stereocenters. The molecule has 2 amide bonds. The summed E-state index contributed by atoms with van der Waals surface area (Å²) in [4.78, 5) is 37.3. The van der Waals surface area contributed by atoms with Gasteiger partial charge in [0.2, 0.25) is 11.8 Å². The number of nitrogens with zero attached hydrogens (tertiary/aromatic N) is 3. The molecule has 4 rings (SSSR count). The standard InChI is InChI=1S/C20H28N4O3/c1-12-8-21-14(22-12)9-23(5)17(25)15-13-6-7-20(27-13)11-24(10-19(2,3)4)18(26)16(15)20/h6-8,13,15-16H,9-11H2,1-5H3,(H,21,22)/t13-,15-,16-,20-/m0/s1. The Morgan fingerprint density at radius 2 is 2.22 bits per heavy atom. The van der Waals surface area contributed by atoms with Crippen molar-refractivity contribution in [3.8, 4) is 0 Å². The Bertz CT molecular complexity index is 808. The van der Waals surface area contributed by atoms with Gasteiger partial charge in [-0.25, -0.2) is 4.98 Å². The van der Waals surface area contributed by atoms with Crippen molar-refractivity contribution in [3.05, 3.63) is 29.9 Å². The summed E-state index contributed by atoms with van der Waals surface area (Å²) in [5.41, 5.74) is 0.315. The zero-order valence-corrected chi connectivity index (χ0v) is 16.7. The maximum atomic E-state index is 13.2. The fourth-order valence-electron chi connectivity index (χ4n) is 4.67. The van der Waals surface area contributed by atoms with Crippen LogP contribution in [0.3, 0.4) is 0 Å². The molecule has 3 aliphatic heterocycles. The number of carbonyl (C=O) groups is 2. The molecule has 7 heteroatoms. The summed E-state index contributed by atoms with van der Waals surface area (Å²) in [5, 5.41) is 0. The highest BCUT2D eigenvalue weighted by Gasteiger charge is 2.67. The van der Waals surface area contributed by atoms with Crippen molar-refractivity contribution < 1.29 is 14.3 Å². The van der Waals surface area contributed by atoms with E-state index in [2.05, 4.69) is 30.7 Å². The molecule has 2 fully saturated rings. The maximum absolute atomic E-state index is 13.2. The van der Waals surface area contributed by atoms with E-state index >= 15 is 0 Å². The number of hydrogen-bond donors (Lipinski definition) is 1. The fraction of sp³-hybridized carbons (Fsp3) is 0.650. The van der Waals surface area contributed by atoms with Crippen LogP contribution in [-0.2, 0) is 20.9 Å². The molecule has 0 unspecified atom stereocenters. The number of rotatable bonds is 4. The molecule has 1 N–H and O–H groups in total. The highest BCUT2D eigenvalue weighted by molar-refractivity contribution is 5.93. The minimum atomic E-state index is -0.643. The van der Waals surface area contributed by atoms with E-state index in [0.717, 1.165) is 11.5 Å². The van der Waals surface area contributed by atoms with Gasteiger partial charge in [0, 0.05) is 25.5 Å². The number of hydrogen-bond acceptors (Lipinski definition) is 4. The molecular formula is C20H28N4O3. The van der Waals surface area contributed by atoms with E-state index in [1.807, 2.05) is 24.0 Å². The number of amides is 2. The molecule has 4 heterocycles. The van der Waals surface area contributed by atoms with E-state index in [-0.39, 0.29) is 23.3 Å². The number of imidazole rings is 1. The molecule has 0 radical (unpaired) electrons. The molecule has 2 saturated heterocycles. The van der Waals surface area contributed by atoms with Crippen LogP contribution in [-0.4, -0.2) is 63.4 Å². The predicted octanol–water partition coefficient (Wildman–Crippen LogP) is 1.50. The van der Waals surface area contributed by atoms with Gasteiger partial charge in [-0.15, -0.1) is 0 Å². The molecule has 7 nitrogen and oxygen atoms in total. The molecule has 1 aromatic heterocycles. The predicted molar refractivity (Wildman–Crippen MR) is 99.6 cm³/mol. The van der Waals surface area contributed by atoms with E-state index in [1.54, 1.807) is 18.1 Å². The topological polar surface area (TPSA) is 78.5 Å². The number of likely N-dealkylation sites (tertiary alicyclic amines) is 1. The van der Waals surface area contributed by atoms with Crippen LogP contribution in [0.25, 0.3) is 0 Å². The van der Waals surface area contributed by atoms with Gasteiger partial charge in [-0.1, -0.05) is 32.9 Å². The zero-order chi connectivity index (χ0) is 19.6. The Labute approximate surface area is 159 Å². The van der Waals surface area contributed by atoms with Crippen LogP contribution in [0.1, 0.15) is 32.3 Å². The number of ether oxygens (including phenoxy) is 1. The fourth-order valence-corrected chi connectivity index (χ4v) is 4.67. The Kier molecular flexibility index (Phi) is 4.00. The zero-order valence-electron chi connectivity index (χ0n) is 16.7. The molecule has 1 aromatic rings. The summed E-state index contributed by atoms with van der Waals surface area (Å²) >= 11 is 0. The largest absolute Gasteiger partial charge is 0.360 e. The van der Waals surface area contributed by atoms with Gasteiger partial charge >= 0.3 is 0 Å². The van der Waals surface area contributed by atoms with E-state index in [0.29, 0.717) is 19.6 Å². The van der Waals surface area contributed by atoms with Gasteiger partial charge in [-0.2, -0.15) is 0 Å². The minimum Gasteiger partial charge on any atom is -0.360 e. The summed E-state index contributed by atoms with van der Waals surface area (Å²) in [6, 6.07) is 0. The smallest absolute Gasteiger partial charge is 0.230 e. The average molecular weight is 372 g/mol. The molecule has 2 bridgehead atoms. The first kappa shape index (κ1) is 18.2. The van der Waals surface area contributed by atoms with Crippen molar-refractivity contribution in [2.45, 2.75) is 45.9 Å². The lowest BCUT2D eigenvalue weighted by Gasteiger charge is -2.29. The van der Waals surface area contributed by atoms with Gasteiger partial charge in [0.1, 0.15) is 11.4 Å². The van der Waals surface area contributed by atoms with Crippen LogP contribution >= 0.6 is 0 Å². The molecule has 27 heavy (non-hydrogen) atoms. The van der Waals surface area contributed by atoms with E-state index in [4.69, 9.17) is 4.74 Å². The molecule has 146 valence electrons. The number of aromatic amines is 1. The minimum absolute atomic E-state index is 0.000100. The number of aromatic nitrogens is 2. The Morgan fingerprint density at radius 1 is 1.48 bits per heavy atom. The number of nitrogens with one attached hydrogen (secondary N) is 1. The molecule has 0 aromatic carbocycles. The second-order valence-corrected chi connectivity index (χ2v) is 9.36. The molecule has 3 aliphatic rings. The highest BCUT2D eigenvalue weighted by Crippen LogP contribution is 2.52. The van der Waals surface area contributed by atoms with Crippen molar-refractivity contribution in [3.63, 3.8) is 0 Å². The summed E-state index contributed by atoms with van der Waals surface area (Å²) in [7, 11) is 1.76. The van der Waals surface area contributed by atoms with E-state index < -0.39 is 17.4 Å². The van der Waals surface area contributed by atoms with Crippen molar-refractivity contribution >= 4 is 11.8 Å². The number of fused-ring (bicyclic) bond motifs is 1. The summed E-state index contributed by atoms with van der Waals surface area (Å²) in [6.45, 7) is 9.85. The van der Waals surface area contributed by atoms with Crippen molar-refractivity contribution in [1.29, 1.82) is 0 Å². The maximum Gasteiger partial charge on any atom is 0.230 e. The highest BCUT2D eigenvalue weighted by atomic mass is 16.5. The summed E-state index contributed by atoms with van der Waals surface area (Å²) < 4.78 is 6.19. The lowest BCUT2D eigenvalue weighted by Crippen LogP contribution is -2.45. The lowest BCUT2D eigenvalue weighted by atomic mass is 9.76. The first-order valence-corrected chi connectivity index (χ1v) is 9.51. The van der Waals surface area contributed by atoms with Crippen LogP contribution < -0.4 is 0 Å². The van der Waals surface area contributed by atoms with Gasteiger partial charge in [0.05, 0.1) is 31.0 Å². The number of carbonyl (C=O) groups excluding carboxylic acids is 2. The van der Waals surface area contributed by atoms with E-state index in [1.165, 1.54) is 0 Å². The summed E-state index contributed by atoms with van der Waals surface area (Å²) in [6.07, 6.45) is 5.39. The number of H-pyrrole nitrogens is 1. The van der Waals surface area contributed by atoms with Crippen LogP contribution in [0, 0.1) is 24.2 Å². The van der Waals surface area contributed by atoms with Crippen LogP contribution in [0.5, 0.6) is 0 Å². The third-order valence-electron chi connectivity index (χ3n) is 5.65. The second-order valence-electron chi connectivity index (χ2n) is 9.36. The van der Waals surface area contributed by atoms with Crippen LogP contribution in [0.2, 0.25) is 0 Å². The Morgan fingerprint density at radius 3 is 2.85 bits per heavy atom. The van der Waals surface area contributed by atoms with Crippen LogP contribution in [0.15, 0.2) is 18.3 Å². The molecule has 0 aliphatic carbocycles. The number of aryl methyl sites for hydroxylation is 1. The van der Waals surface area contributed by atoms with Gasteiger partial charge < -0.3 is 19.5 Å². The van der Waals surface area contributed by atoms with Crippen molar-refractivity contribution in [2.24, 2.45) is 17.3 Å². The molecule has 0 saturated carbocycles. The molecular weight excluding hydrogens is 344 g/mol. The monoisotopic (exact) mass is 372 g/mol. The Balaban J connectivity index is 1.54. The normalized spacial score (nSPS) is 31.7. The lowest BCUT2D eigenvalue weighted by molar-refractivity contribution is -0.143. The van der Waals surface area contributed by atoms with Crippen LogP contribution in [0.4, 0.5) is 0 Å². The van der Waals surface area contributed by atoms with Gasteiger partial charge in [0.15, 0.2) is 0 Å². The second kappa shape index (κ2) is 5.92. The third kappa shape index (κ3) is 2.98. The van der Waals surface area contributed by atoms with Gasteiger partial charge in [-0.3, -0.25) is 9.59 Å². The molecule has 1 spiro atoms.